The molecule has 28 heavy (non-hydrogen) atoms. The summed E-state index contributed by atoms with van der Waals surface area (Å²) in [4.78, 5) is 20.2. The number of hydrogen-bond acceptors (Lipinski definition) is 3. The van der Waals surface area contributed by atoms with Gasteiger partial charge in [-0.2, -0.15) is 0 Å². The van der Waals surface area contributed by atoms with Crippen LogP contribution in [0, 0.1) is 17.6 Å². The number of nitrogens with zero attached hydrogens (tertiary/aromatic N) is 2. The van der Waals surface area contributed by atoms with E-state index in [0.717, 1.165) is 25.9 Å². The lowest BCUT2D eigenvalue weighted by Gasteiger charge is -2.30. The molecule has 2 aromatic rings. The van der Waals surface area contributed by atoms with E-state index in [0.29, 0.717) is 29.4 Å². The highest BCUT2D eigenvalue weighted by Gasteiger charge is 2.50. The van der Waals surface area contributed by atoms with Crippen LogP contribution in [0.15, 0.2) is 53.5 Å². The molecule has 1 fully saturated rings. The molecule has 1 N–H and O–H groups in total. The molecule has 0 aromatic heterocycles. The van der Waals surface area contributed by atoms with Crippen LogP contribution in [0.1, 0.15) is 30.9 Å². The van der Waals surface area contributed by atoms with Crippen LogP contribution >= 0.6 is 0 Å². The molecule has 2 aromatic carbocycles. The quantitative estimate of drug-likeness (QED) is 0.879. The zero-order valence-electron chi connectivity index (χ0n) is 15.8. The molecular formula is C22H23F2N3O. The summed E-state index contributed by atoms with van der Waals surface area (Å²) < 4.78 is 27.1. The first-order valence-corrected chi connectivity index (χ1v) is 9.62. The summed E-state index contributed by atoms with van der Waals surface area (Å²) in [6.07, 6.45) is 2.02. The molecule has 2 aliphatic heterocycles. The van der Waals surface area contributed by atoms with Gasteiger partial charge in [-0.25, -0.2) is 13.8 Å². The average molecular weight is 383 g/mol. The van der Waals surface area contributed by atoms with Gasteiger partial charge in [-0.05, 0) is 74.2 Å². The van der Waals surface area contributed by atoms with Gasteiger partial charge in [0.1, 0.15) is 17.5 Å². The molecule has 2 heterocycles. The number of carbonyl (C=O) groups is 1. The third-order valence-corrected chi connectivity index (χ3v) is 5.70. The third-order valence-electron chi connectivity index (χ3n) is 5.70. The zero-order valence-corrected chi connectivity index (χ0v) is 15.8. The molecule has 4 nitrogen and oxygen atoms in total. The van der Waals surface area contributed by atoms with Crippen molar-refractivity contribution in [1.29, 1.82) is 0 Å². The second-order valence-electron chi connectivity index (χ2n) is 7.49. The van der Waals surface area contributed by atoms with Gasteiger partial charge in [0.05, 0.1) is 0 Å². The number of benzene rings is 2. The first-order valence-electron chi connectivity index (χ1n) is 9.62. The highest BCUT2D eigenvalue weighted by Crippen LogP contribution is 2.40. The summed E-state index contributed by atoms with van der Waals surface area (Å²) in [5, 5.41) is 3.34. The Balaban J connectivity index is 1.76. The smallest absolute Gasteiger partial charge is 0.265 e. The zero-order chi connectivity index (χ0) is 19.7. The van der Waals surface area contributed by atoms with Gasteiger partial charge in [0, 0.05) is 6.54 Å². The van der Waals surface area contributed by atoms with E-state index in [1.807, 2.05) is 6.92 Å². The molecule has 0 atom stereocenters. The predicted molar refractivity (Wildman–Crippen MR) is 104 cm³/mol. The van der Waals surface area contributed by atoms with Crippen molar-refractivity contribution in [3.8, 4) is 0 Å². The number of aliphatic imine (C=N–C) groups is 1. The van der Waals surface area contributed by atoms with E-state index < -0.39 is 5.54 Å². The number of carbonyl (C=O) groups excluding carboxylic acids is 1. The molecule has 0 unspecified atom stereocenters. The lowest BCUT2D eigenvalue weighted by molar-refractivity contribution is -0.130. The largest absolute Gasteiger partial charge is 0.317 e. The molecule has 0 spiro atoms. The van der Waals surface area contributed by atoms with Gasteiger partial charge >= 0.3 is 0 Å². The van der Waals surface area contributed by atoms with Crippen LogP contribution in [0.2, 0.25) is 0 Å². The second-order valence-corrected chi connectivity index (χ2v) is 7.49. The topological polar surface area (TPSA) is 44.7 Å². The molecule has 0 saturated carbocycles. The van der Waals surface area contributed by atoms with E-state index in [-0.39, 0.29) is 17.5 Å². The Morgan fingerprint density at radius 3 is 2.00 bits per heavy atom. The highest BCUT2D eigenvalue weighted by atomic mass is 19.1. The Bertz CT molecular complexity index is 842. The van der Waals surface area contributed by atoms with Gasteiger partial charge in [0.2, 0.25) is 0 Å². The Morgan fingerprint density at radius 1 is 1.00 bits per heavy atom. The van der Waals surface area contributed by atoms with E-state index in [1.54, 1.807) is 29.2 Å². The SMILES string of the molecule is CC1=NC(c2ccc(F)cc2)(c2ccc(F)cc2)C(=O)N1CC1CCNCC1. The summed E-state index contributed by atoms with van der Waals surface area (Å²) >= 11 is 0. The van der Waals surface area contributed by atoms with Crippen molar-refractivity contribution in [3.05, 3.63) is 71.3 Å². The van der Waals surface area contributed by atoms with E-state index in [9.17, 15) is 13.6 Å². The van der Waals surface area contributed by atoms with Crippen LogP contribution in [-0.4, -0.2) is 36.3 Å². The molecule has 2 aliphatic rings. The van der Waals surface area contributed by atoms with Gasteiger partial charge in [0.15, 0.2) is 5.54 Å². The first-order chi connectivity index (χ1) is 13.5. The number of piperidine rings is 1. The van der Waals surface area contributed by atoms with Gasteiger partial charge in [-0.1, -0.05) is 24.3 Å². The molecular weight excluding hydrogens is 360 g/mol. The van der Waals surface area contributed by atoms with Gasteiger partial charge in [-0.15, -0.1) is 0 Å². The minimum atomic E-state index is -1.31. The summed E-state index contributed by atoms with van der Waals surface area (Å²) in [7, 11) is 0. The van der Waals surface area contributed by atoms with E-state index in [2.05, 4.69) is 5.32 Å². The van der Waals surface area contributed by atoms with Crippen LogP contribution in [0.4, 0.5) is 8.78 Å². The number of rotatable bonds is 4. The number of hydrogen-bond donors (Lipinski definition) is 1. The van der Waals surface area contributed by atoms with Crippen molar-refractivity contribution in [2.24, 2.45) is 10.9 Å². The Kier molecular flexibility index (Phi) is 4.98. The Labute approximate surface area is 163 Å². The predicted octanol–water partition coefficient (Wildman–Crippen LogP) is 3.47. The maximum absolute atomic E-state index is 13.7. The van der Waals surface area contributed by atoms with Crippen LogP contribution in [-0.2, 0) is 10.3 Å². The fraction of sp³-hybridized carbons (Fsp3) is 0.364. The Morgan fingerprint density at radius 2 is 1.50 bits per heavy atom. The number of nitrogens with one attached hydrogen (secondary N) is 1. The molecule has 6 heteroatoms. The lowest BCUT2D eigenvalue weighted by Crippen LogP contribution is -2.44. The standard InChI is InChI=1S/C22H23F2N3O/c1-15-26-22(17-2-6-19(23)7-3-17,18-4-8-20(24)9-5-18)21(28)27(15)14-16-10-12-25-13-11-16/h2-9,16,25H,10-14H2,1H3. The van der Waals surface area contributed by atoms with Crippen molar-refractivity contribution in [2.75, 3.05) is 19.6 Å². The minimum Gasteiger partial charge on any atom is -0.317 e. The maximum Gasteiger partial charge on any atom is 0.265 e. The molecule has 146 valence electrons. The van der Waals surface area contributed by atoms with Gasteiger partial charge in [-0.3, -0.25) is 9.69 Å². The third kappa shape index (κ3) is 3.22. The fourth-order valence-corrected chi connectivity index (χ4v) is 4.16. The maximum atomic E-state index is 13.7. The monoisotopic (exact) mass is 383 g/mol. The molecule has 1 saturated heterocycles. The molecule has 0 aliphatic carbocycles. The number of amides is 1. The second kappa shape index (κ2) is 7.43. The lowest BCUT2D eigenvalue weighted by atomic mass is 9.82. The van der Waals surface area contributed by atoms with E-state index in [1.165, 1.54) is 24.3 Å². The number of halogens is 2. The summed E-state index contributed by atoms with van der Waals surface area (Å²) in [6, 6.07) is 11.6. The number of amidine groups is 1. The van der Waals surface area contributed by atoms with Crippen molar-refractivity contribution in [2.45, 2.75) is 25.3 Å². The molecule has 4 rings (SSSR count). The minimum absolute atomic E-state index is 0.165. The van der Waals surface area contributed by atoms with Crippen molar-refractivity contribution >= 4 is 11.7 Å². The normalized spacial score (nSPS) is 19.8. The van der Waals surface area contributed by atoms with Crippen LogP contribution in [0.3, 0.4) is 0 Å². The van der Waals surface area contributed by atoms with E-state index in [4.69, 9.17) is 4.99 Å². The molecule has 0 bridgehead atoms. The van der Waals surface area contributed by atoms with Gasteiger partial charge < -0.3 is 5.32 Å². The van der Waals surface area contributed by atoms with Crippen LogP contribution < -0.4 is 5.32 Å². The molecule has 0 radical (unpaired) electrons. The summed E-state index contributed by atoms with van der Waals surface area (Å²) in [6.45, 7) is 4.33. The van der Waals surface area contributed by atoms with Crippen molar-refractivity contribution in [1.82, 2.24) is 10.2 Å². The van der Waals surface area contributed by atoms with Crippen molar-refractivity contribution < 1.29 is 13.6 Å². The summed E-state index contributed by atoms with van der Waals surface area (Å²) in [5.74, 6) is 0.123. The average Bonchev–Trinajstić information content (AvgIpc) is 2.95. The van der Waals surface area contributed by atoms with Gasteiger partial charge in [0.25, 0.3) is 5.91 Å². The van der Waals surface area contributed by atoms with Crippen molar-refractivity contribution in [3.63, 3.8) is 0 Å². The first kappa shape index (κ1) is 18.7. The highest BCUT2D eigenvalue weighted by molar-refractivity contribution is 6.09. The van der Waals surface area contributed by atoms with E-state index >= 15 is 0 Å². The Hall–Kier alpha value is -2.60. The molecule has 1 amide bonds. The summed E-state index contributed by atoms with van der Waals surface area (Å²) in [5.41, 5.74) is -0.145. The van der Waals surface area contributed by atoms with Crippen LogP contribution in [0.25, 0.3) is 0 Å². The van der Waals surface area contributed by atoms with Crippen LogP contribution in [0.5, 0.6) is 0 Å². The fourth-order valence-electron chi connectivity index (χ4n) is 4.16.